The number of hydrogen-bond donors (Lipinski definition) is 3. The molecule has 0 aliphatic rings. The molecule has 0 saturated heterocycles. The summed E-state index contributed by atoms with van der Waals surface area (Å²) in [6.45, 7) is 6.60. The number of urea groups is 1. The van der Waals surface area contributed by atoms with E-state index in [4.69, 9.17) is 4.42 Å². The molecular weight excluding hydrogens is 332 g/mol. The number of benzene rings is 1. The molecule has 0 fully saturated rings. The van der Waals surface area contributed by atoms with Crippen molar-refractivity contribution in [1.29, 1.82) is 0 Å². The van der Waals surface area contributed by atoms with Gasteiger partial charge in [0.05, 0.1) is 11.9 Å². The second-order valence-electron chi connectivity index (χ2n) is 6.04. The second kappa shape index (κ2) is 6.29. The Bertz CT molecular complexity index is 843. The summed E-state index contributed by atoms with van der Waals surface area (Å²) in [6, 6.07) is 5.73. The molecule has 0 bridgehead atoms. The molecule has 0 spiro atoms. The molecule has 0 aliphatic heterocycles. The normalized spacial score (nSPS) is 12.0. The maximum absolute atomic E-state index is 12.2. The summed E-state index contributed by atoms with van der Waals surface area (Å²) in [5.74, 6) is 0. The predicted molar refractivity (Wildman–Crippen MR) is 89.2 cm³/mol. The van der Waals surface area contributed by atoms with Gasteiger partial charge in [-0.05, 0) is 38.8 Å². The Morgan fingerprint density at radius 1 is 1.21 bits per heavy atom. The summed E-state index contributed by atoms with van der Waals surface area (Å²) in [4.78, 5) is 12.0. The Balaban J connectivity index is 2.17. The third-order valence-electron chi connectivity index (χ3n) is 3.49. The van der Waals surface area contributed by atoms with Gasteiger partial charge in [-0.3, -0.25) is 0 Å². The van der Waals surface area contributed by atoms with E-state index in [0.717, 1.165) is 17.4 Å². The Kier molecular flexibility index (Phi) is 4.73. The van der Waals surface area contributed by atoms with Crippen LogP contribution in [0.15, 0.2) is 40.0 Å². The number of aryl methyl sites for hydroxylation is 2. The molecule has 8 heteroatoms. The number of hydrogen-bond acceptors (Lipinski definition) is 5. The van der Waals surface area contributed by atoms with E-state index in [0.29, 0.717) is 5.69 Å². The standard InChI is InChI=1S/C16H20N2O5S/c1-10-6-5-7-11(2)14(10)17-15(19)18-24(21,22)13-8-12(9-23-13)16(3,4)20/h5-9,20H,1-4H3,(H2,17,18,19). The molecule has 2 amide bonds. The van der Waals surface area contributed by atoms with Gasteiger partial charge in [0.25, 0.3) is 10.0 Å². The van der Waals surface area contributed by atoms with Crippen molar-refractivity contribution < 1.29 is 22.7 Å². The molecule has 130 valence electrons. The summed E-state index contributed by atoms with van der Waals surface area (Å²) < 4.78 is 31.2. The number of furan rings is 1. The van der Waals surface area contributed by atoms with E-state index in [2.05, 4.69) is 5.32 Å². The van der Waals surface area contributed by atoms with Crippen molar-refractivity contribution in [2.45, 2.75) is 38.4 Å². The van der Waals surface area contributed by atoms with Crippen LogP contribution < -0.4 is 10.0 Å². The summed E-state index contributed by atoms with van der Waals surface area (Å²) in [7, 11) is -4.18. The monoisotopic (exact) mass is 352 g/mol. The molecule has 1 aromatic carbocycles. The average Bonchev–Trinajstić information content (AvgIpc) is 2.93. The molecule has 3 N–H and O–H groups in total. The molecule has 1 heterocycles. The summed E-state index contributed by atoms with van der Waals surface area (Å²) in [6.07, 6.45) is 1.14. The minimum absolute atomic E-state index is 0.290. The van der Waals surface area contributed by atoms with Crippen LogP contribution in [0.25, 0.3) is 0 Å². The van der Waals surface area contributed by atoms with E-state index in [1.165, 1.54) is 19.9 Å². The van der Waals surface area contributed by atoms with Crippen LogP contribution in [-0.4, -0.2) is 19.6 Å². The van der Waals surface area contributed by atoms with Crippen LogP contribution in [0.4, 0.5) is 10.5 Å². The highest BCUT2D eigenvalue weighted by Crippen LogP contribution is 2.24. The van der Waals surface area contributed by atoms with Crippen LogP contribution in [0.3, 0.4) is 0 Å². The van der Waals surface area contributed by atoms with Crippen molar-refractivity contribution in [3.63, 3.8) is 0 Å². The summed E-state index contributed by atoms with van der Waals surface area (Å²) in [5, 5.41) is 11.9. The topological polar surface area (TPSA) is 109 Å². The summed E-state index contributed by atoms with van der Waals surface area (Å²) in [5.41, 5.74) is 1.20. The van der Waals surface area contributed by atoms with Gasteiger partial charge in [-0.2, -0.15) is 8.42 Å². The van der Waals surface area contributed by atoms with Crippen molar-refractivity contribution in [2.24, 2.45) is 0 Å². The third-order valence-corrected chi connectivity index (χ3v) is 4.69. The lowest BCUT2D eigenvalue weighted by Gasteiger charge is -2.13. The molecule has 0 radical (unpaired) electrons. The van der Waals surface area contributed by atoms with Crippen LogP contribution in [0, 0.1) is 13.8 Å². The number of para-hydroxylation sites is 1. The number of carbonyl (C=O) groups is 1. The second-order valence-corrected chi connectivity index (χ2v) is 7.65. The molecule has 7 nitrogen and oxygen atoms in total. The average molecular weight is 352 g/mol. The molecule has 0 unspecified atom stereocenters. The Labute approximate surface area is 140 Å². The highest BCUT2D eigenvalue weighted by atomic mass is 32.2. The number of anilines is 1. The first-order valence-corrected chi connectivity index (χ1v) is 8.70. The lowest BCUT2D eigenvalue weighted by Crippen LogP contribution is -2.34. The maximum atomic E-state index is 12.2. The molecule has 2 rings (SSSR count). The van der Waals surface area contributed by atoms with Gasteiger partial charge in [0.1, 0.15) is 0 Å². The van der Waals surface area contributed by atoms with Crippen molar-refractivity contribution in [3.05, 3.63) is 47.2 Å². The first kappa shape index (κ1) is 18.0. The first-order chi connectivity index (χ1) is 11.0. The Morgan fingerprint density at radius 3 is 2.29 bits per heavy atom. The largest absolute Gasteiger partial charge is 0.451 e. The third kappa shape index (κ3) is 3.95. The van der Waals surface area contributed by atoms with E-state index in [1.54, 1.807) is 26.0 Å². The highest BCUT2D eigenvalue weighted by Gasteiger charge is 2.26. The fourth-order valence-electron chi connectivity index (χ4n) is 2.10. The zero-order valence-electron chi connectivity index (χ0n) is 13.9. The quantitative estimate of drug-likeness (QED) is 0.784. The Morgan fingerprint density at radius 2 is 1.79 bits per heavy atom. The van der Waals surface area contributed by atoms with E-state index < -0.39 is 26.7 Å². The molecule has 2 aromatic rings. The number of amides is 2. The smallest absolute Gasteiger partial charge is 0.333 e. The molecule has 0 aliphatic carbocycles. The van der Waals surface area contributed by atoms with Crippen molar-refractivity contribution in [3.8, 4) is 0 Å². The van der Waals surface area contributed by atoms with Gasteiger partial charge in [0.15, 0.2) is 0 Å². The fraction of sp³-hybridized carbons (Fsp3) is 0.312. The highest BCUT2D eigenvalue weighted by molar-refractivity contribution is 7.89. The van der Waals surface area contributed by atoms with Gasteiger partial charge in [-0.15, -0.1) is 0 Å². The zero-order chi connectivity index (χ0) is 18.1. The van der Waals surface area contributed by atoms with Crippen LogP contribution >= 0.6 is 0 Å². The van der Waals surface area contributed by atoms with Crippen molar-refractivity contribution >= 4 is 21.7 Å². The molecule has 1 aromatic heterocycles. The van der Waals surface area contributed by atoms with E-state index in [-0.39, 0.29) is 5.56 Å². The number of aliphatic hydroxyl groups is 1. The van der Waals surface area contributed by atoms with E-state index in [9.17, 15) is 18.3 Å². The van der Waals surface area contributed by atoms with Gasteiger partial charge < -0.3 is 14.8 Å². The van der Waals surface area contributed by atoms with E-state index in [1.807, 2.05) is 10.8 Å². The number of sulfonamides is 1. The molecular formula is C16H20N2O5S. The lowest BCUT2D eigenvalue weighted by atomic mass is 10.0. The minimum Gasteiger partial charge on any atom is -0.451 e. The number of rotatable bonds is 4. The SMILES string of the molecule is Cc1cccc(C)c1NC(=O)NS(=O)(=O)c1cc(C(C)(C)O)co1. The van der Waals surface area contributed by atoms with Gasteiger partial charge in [-0.1, -0.05) is 18.2 Å². The van der Waals surface area contributed by atoms with Gasteiger partial charge in [0.2, 0.25) is 5.09 Å². The van der Waals surface area contributed by atoms with Gasteiger partial charge >= 0.3 is 6.03 Å². The Hall–Kier alpha value is -2.32. The number of nitrogens with one attached hydrogen (secondary N) is 2. The minimum atomic E-state index is -4.18. The van der Waals surface area contributed by atoms with E-state index >= 15 is 0 Å². The molecule has 0 saturated carbocycles. The van der Waals surface area contributed by atoms with Crippen LogP contribution in [0.2, 0.25) is 0 Å². The maximum Gasteiger partial charge on any atom is 0.333 e. The van der Waals surface area contributed by atoms with Gasteiger partial charge in [0, 0.05) is 17.3 Å². The number of carbonyl (C=O) groups excluding carboxylic acids is 1. The van der Waals surface area contributed by atoms with Crippen molar-refractivity contribution in [1.82, 2.24) is 4.72 Å². The summed E-state index contributed by atoms with van der Waals surface area (Å²) >= 11 is 0. The zero-order valence-corrected chi connectivity index (χ0v) is 14.7. The first-order valence-electron chi connectivity index (χ1n) is 7.22. The fourth-order valence-corrected chi connectivity index (χ4v) is 2.95. The lowest BCUT2D eigenvalue weighted by molar-refractivity contribution is 0.0779. The van der Waals surface area contributed by atoms with Crippen LogP contribution in [0.5, 0.6) is 0 Å². The predicted octanol–water partition coefficient (Wildman–Crippen LogP) is 2.63. The van der Waals surface area contributed by atoms with Crippen LogP contribution in [-0.2, 0) is 15.6 Å². The van der Waals surface area contributed by atoms with Crippen LogP contribution in [0.1, 0.15) is 30.5 Å². The van der Waals surface area contributed by atoms with Gasteiger partial charge in [-0.25, -0.2) is 9.52 Å². The van der Waals surface area contributed by atoms with Crippen molar-refractivity contribution in [2.75, 3.05) is 5.32 Å². The molecule has 24 heavy (non-hydrogen) atoms. The molecule has 0 atom stereocenters.